The summed E-state index contributed by atoms with van der Waals surface area (Å²) in [6.07, 6.45) is 0. The van der Waals surface area contributed by atoms with Gasteiger partial charge in [-0.15, -0.1) is 0 Å². The SMILES string of the molecule is CC(=O)S[C@@H](c1ccccc1)[C@@H](C)[N+](=O)[O-]. The second kappa shape index (κ2) is 5.65. The van der Waals surface area contributed by atoms with Crippen molar-refractivity contribution >= 4 is 16.9 Å². The van der Waals surface area contributed by atoms with Crippen molar-refractivity contribution in [2.75, 3.05) is 0 Å². The maximum atomic E-state index is 11.1. The van der Waals surface area contributed by atoms with E-state index in [2.05, 4.69) is 0 Å². The average Bonchev–Trinajstić information content (AvgIpc) is 2.26. The molecule has 1 aromatic carbocycles. The number of benzene rings is 1. The molecule has 0 aromatic heterocycles. The Labute approximate surface area is 98.2 Å². The number of hydrogen-bond donors (Lipinski definition) is 0. The van der Waals surface area contributed by atoms with Crippen molar-refractivity contribution in [1.29, 1.82) is 0 Å². The first-order valence-corrected chi connectivity index (χ1v) is 5.76. The van der Waals surface area contributed by atoms with E-state index in [1.54, 1.807) is 12.1 Å². The van der Waals surface area contributed by atoms with E-state index in [4.69, 9.17) is 0 Å². The molecule has 0 aliphatic carbocycles. The summed E-state index contributed by atoms with van der Waals surface area (Å²) in [5, 5.41) is 10.2. The number of nitro groups is 1. The van der Waals surface area contributed by atoms with Crippen LogP contribution < -0.4 is 0 Å². The Kier molecular flexibility index (Phi) is 4.49. The summed E-state index contributed by atoms with van der Waals surface area (Å²) in [5.74, 6) is 0. The maximum absolute atomic E-state index is 11.1. The maximum Gasteiger partial charge on any atom is 0.226 e. The molecule has 16 heavy (non-hydrogen) atoms. The molecule has 0 saturated carbocycles. The van der Waals surface area contributed by atoms with E-state index in [-0.39, 0.29) is 10.0 Å². The third-order valence-corrected chi connectivity index (χ3v) is 3.44. The Balaban J connectivity index is 2.96. The van der Waals surface area contributed by atoms with Crippen LogP contribution in [0.3, 0.4) is 0 Å². The number of carbonyl (C=O) groups excluding carboxylic acids is 1. The topological polar surface area (TPSA) is 60.2 Å². The van der Waals surface area contributed by atoms with E-state index < -0.39 is 11.3 Å². The molecule has 2 atom stereocenters. The highest BCUT2D eigenvalue weighted by atomic mass is 32.2. The van der Waals surface area contributed by atoms with Crippen molar-refractivity contribution in [1.82, 2.24) is 0 Å². The fraction of sp³-hybridized carbons (Fsp3) is 0.364. The molecular weight excluding hydrogens is 226 g/mol. The van der Waals surface area contributed by atoms with Crippen LogP contribution in [0.2, 0.25) is 0 Å². The van der Waals surface area contributed by atoms with E-state index >= 15 is 0 Å². The predicted molar refractivity (Wildman–Crippen MR) is 63.9 cm³/mol. The number of nitrogens with zero attached hydrogens (tertiary/aromatic N) is 1. The van der Waals surface area contributed by atoms with Crippen LogP contribution in [-0.4, -0.2) is 16.1 Å². The van der Waals surface area contributed by atoms with Gasteiger partial charge in [0, 0.05) is 18.8 Å². The Morgan fingerprint density at radius 2 is 1.94 bits per heavy atom. The summed E-state index contributed by atoms with van der Waals surface area (Å²) in [7, 11) is 0. The van der Waals surface area contributed by atoms with Crippen LogP contribution >= 0.6 is 11.8 Å². The zero-order valence-electron chi connectivity index (χ0n) is 9.12. The first-order valence-electron chi connectivity index (χ1n) is 4.88. The van der Waals surface area contributed by atoms with Gasteiger partial charge in [-0.25, -0.2) is 0 Å². The van der Waals surface area contributed by atoms with E-state index in [1.165, 1.54) is 13.8 Å². The van der Waals surface area contributed by atoms with Crippen molar-refractivity contribution in [3.63, 3.8) is 0 Å². The smallest absolute Gasteiger partial charge is 0.226 e. The van der Waals surface area contributed by atoms with E-state index in [0.717, 1.165) is 17.3 Å². The Hall–Kier alpha value is -1.36. The average molecular weight is 239 g/mol. The number of carbonyl (C=O) groups is 1. The minimum absolute atomic E-state index is 0.109. The van der Waals surface area contributed by atoms with Gasteiger partial charge in [-0.1, -0.05) is 42.1 Å². The van der Waals surface area contributed by atoms with Crippen LogP contribution in [0.5, 0.6) is 0 Å². The van der Waals surface area contributed by atoms with Gasteiger partial charge >= 0.3 is 0 Å². The fourth-order valence-corrected chi connectivity index (χ4v) is 2.32. The molecule has 0 aliphatic heterocycles. The van der Waals surface area contributed by atoms with Gasteiger partial charge < -0.3 is 0 Å². The van der Waals surface area contributed by atoms with Crippen LogP contribution in [0.1, 0.15) is 24.7 Å². The van der Waals surface area contributed by atoms with Crippen molar-refractivity contribution in [2.24, 2.45) is 0 Å². The van der Waals surface area contributed by atoms with Gasteiger partial charge in [0.15, 0.2) is 5.12 Å². The number of thioether (sulfide) groups is 1. The molecule has 4 nitrogen and oxygen atoms in total. The summed E-state index contributed by atoms with van der Waals surface area (Å²) in [6.45, 7) is 2.95. The lowest BCUT2D eigenvalue weighted by atomic mass is 10.1. The Morgan fingerprint density at radius 3 is 2.38 bits per heavy atom. The monoisotopic (exact) mass is 239 g/mol. The molecule has 0 N–H and O–H groups in total. The fourth-order valence-electron chi connectivity index (χ4n) is 1.38. The van der Waals surface area contributed by atoms with Crippen molar-refractivity contribution in [2.45, 2.75) is 25.1 Å². The first kappa shape index (κ1) is 12.7. The van der Waals surface area contributed by atoms with Crippen molar-refractivity contribution in [3.8, 4) is 0 Å². The molecule has 0 bridgehead atoms. The van der Waals surface area contributed by atoms with Gasteiger partial charge in [-0.3, -0.25) is 14.9 Å². The lowest BCUT2D eigenvalue weighted by Crippen LogP contribution is -2.22. The van der Waals surface area contributed by atoms with Gasteiger partial charge in [-0.2, -0.15) is 0 Å². The minimum atomic E-state index is -0.781. The van der Waals surface area contributed by atoms with E-state index in [9.17, 15) is 14.9 Å². The highest BCUT2D eigenvalue weighted by Gasteiger charge is 2.29. The minimum Gasteiger partial charge on any atom is -0.288 e. The molecule has 5 heteroatoms. The Bertz CT molecular complexity index is 380. The van der Waals surface area contributed by atoms with Crippen molar-refractivity contribution in [3.05, 3.63) is 46.0 Å². The van der Waals surface area contributed by atoms with Crippen LogP contribution in [0.25, 0.3) is 0 Å². The zero-order valence-corrected chi connectivity index (χ0v) is 9.94. The third kappa shape index (κ3) is 3.34. The molecule has 1 aromatic rings. The summed E-state index contributed by atoms with van der Waals surface area (Å²) < 4.78 is 0. The van der Waals surface area contributed by atoms with E-state index in [0.29, 0.717) is 0 Å². The molecular formula is C11H13NO3S. The highest BCUT2D eigenvalue weighted by molar-refractivity contribution is 8.13. The molecule has 0 radical (unpaired) electrons. The van der Waals surface area contributed by atoms with Gasteiger partial charge in [0.05, 0.1) is 0 Å². The van der Waals surface area contributed by atoms with Crippen LogP contribution in [0, 0.1) is 10.1 Å². The molecule has 0 aliphatic rings. The second-order valence-corrected chi connectivity index (χ2v) is 4.79. The van der Waals surface area contributed by atoms with Gasteiger partial charge in [0.25, 0.3) is 0 Å². The predicted octanol–water partition coefficient (Wildman–Crippen LogP) is 2.67. The lowest BCUT2D eigenvalue weighted by molar-refractivity contribution is -0.518. The lowest BCUT2D eigenvalue weighted by Gasteiger charge is -2.16. The van der Waals surface area contributed by atoms with Crippen molar-refractivity contribution < 1.29 is 9.72 Å². The summed E-state index contributed by atoms with van der Waals surface area (Å²) in [6, 6.07) is 8.30. The van der Waals surface area contributed by atoms with Gasteiger partial charge in [0.2, 0.25) is 6.04 Å². The molecule has 0 heterocycles. The molecule has 86 valence electrons. The van der Waals surface area contributed by atoms with Crippen LogP contribution in [-0.2, 0) is 4.79 Å². The quantitative estimate of drug-likeness (QED) is 0.598. The van der Waals surface area contributed by atoms with Crippen LogP contribution in [0.4, 0.5) is 0 Å². The third-order valence-electron chi connectivity index (χ3n) is 2.19. The van der Waals surface area contributed by atoms with E-state index in [1.807, 2.05) is 18.2 Å². The molecule has 0 amide bonds. The molecule has 0 saturated heterocycles. The Morgan fingerprint density at radius 1 is 1.38 bits per heavy atom. The summed E-state index contributed by atoms with van der Waals surface area (Å²) in [4.78, 5) is 21.5. The number of rotatable bonds is 4. The summed E-state index contributed by atoms with van der Waals surface area (Å²) >= 11 is 1.01. The standard InChI is InChI=1S/C11H13NO3S/c1-8(12(14)15)11(16-9(2)13)10-6-4-3-5-7-10/h3-8,11H,1-2H3/t8-,11-/m1/s1. The number of hydrogen-bond acceptors (Lipinski definition) is 4. The first-order chi connectivity index (χ1) is 7.52. The molecule has 0 fully saturated rings. The molecule has 0 spiro atoms. The summed E-state index contributed by atoms with van der Waals surface area (Å²) in [5.41, 5.74) is 0.812. The zero-order chi connectivity index (χ0) is 12.1. The highest BCUT2D eigenvalue weighted by Crippen LogP contribution is 2.33. The van der Waals surface area contributed by atoms with Crippen LogP contribution in [0.15, 0.2) is 30.3 Å². The second-order valence-electron chi connectivity index (χ2n) is 3.47. The molecule has 1 rings (SSSR count). The normalized spacial score (nSPS) is 14.1. The van der Waals surface area contributed by atoms with Gasteiger partial charge in [0.1, 0.15) is 5.25 Å². The van der Waals surface area contributed by atoms with Gasteiger partial charge in [-0.05, 0) is 5.56 Å². The largest absolute Gasteiger partial charge is 0.288 e. The molecule has 0 unspecified atom stereocenters.